The Hall–Kier alpha value is -2.27. The number of hydrogen-bond acceptors (Lipinski definition) is 2. The van der Waals surface area contributed by atoms with Crippen LogP contribution in [-0.2, 0) is 18.3 Å². The molecule has 1 aromatic heterocycles. The quantitative estimate of drug-likeness (QED) is 0.694. The average Bonchev–Trinajstić information content (AvgIpc) is 2.78. The van der Waals surface area contributed by atoms with E-state index in [1.54, 1.807) is 6.07 Å². The molecule has 124 valence electrons. The summed E-state index contributed by atoms with van der Waals surface area (Å²) in [6, 6.07) is 8.76. The fourth-order valence-electron chi connectivity index (χ4n) is 3.00. The number of halogens is 1. The molecule has 0 unspecified atom stereocenters. The maximum Gasteiger partial charge on any atom is 0.252 e. The lowest BCUT2D eigenvalue weighted by atomic mass is 9.97. The number of hydrogen-bond donors (Lipinski definition) is 0. The van der Waals surface area contributed by atoms with E-state index in [2.05, 4.69) is 17.1 Å². The summed E-state index contributed by atoms with van der Waals surface area (Å²) in [5.74, 6) is -0.471. The monoisotopic (exact) mass is 342 g/mol. The molecule has 0 spiro atoms. The van der Waals surface area contributed by atoms with Crippen molar-refractivity contribution < 1.29 is 9.18 Å². The highest BCUT2D eigenvalue weighted by atomic mass is 32.1. The minimum absolute atomic E-state index is 0.187. The Balaban J connectivity index is 1.97. The predicted molar refractivity (Wildman–Crippen MR) is 95.7 cm³/mol. The summed E-state index contributed by atoms with van der Waals surface area (Å²) in [5.41, 5.74) is 5.31. The van der Waals surface area contributed by atoms with Gasteiger partial charge in [-0.1, -0.05) is 29.0 Å². The summed E-state index contributed by atoms with van der Waals surface area (Å²) < 4.78 is 16.0. The van der Waals surface area contributed by atoms with Crippen molar-refractivity contribution >= 4 is 27.5 Å². The van der Waals surface area contributed by atoms with E-state index in [4.69, 9.17) is 0 Å². The van der Waals surface area contributed by atoms with Crippen molar-refractivity contribution in [3.05, 3.63) is 63.2 Å². The summed E-state index contributed by atoms with van der Waals surface area (Å²) in [5, 5.41) is 0. The number of fused-ring (bicyclic) bond motifs is 1. The number of benzene rings is 2. The Morgan fingerprint density at radius 2 is 1.83 bits per heavy atom. The molecule has 0 atom stereocenters. The number of carbonyl (C=O) groups excluding carboxylic acids is 1. The second-order valence-electron chi connectivity index (χ2n) is 6.12. The van der Waals surface area contributed by atoms with Gasteiger partial charge in [0.25, 0.3) is 5.91 Å². The molecule has 0 aliphatic heterocycles. The predicted octanol–water partition coefficient (Wildman–Crippen LogP) is 3.97. The Bertz CT molecular complexity index is 991. The van der Waals surface area contributed by atoms with Gasteiger partial charge in [-0.2, -0.15) is 4.99 Å². The van der Waals surface area contributed by atoms with E-state index in [0.717, 1.165) is 26.9 Å². The highest BCUT2D eigenvalue weighted by Crippen LogP contribution is 2.19. The normalized spacial score (nSPS) is 12.1. The summed E-state index contributed by atoms with van der Waals surface area (Å²) in [7, 11) is 1.84. The summed E-state index contributed by atoms with van der Waals surface area (Å²) in [4.78, 5) is 17.3. The standard InChI is InChI=1S/C19H19FN2OS/c1-11-7-12(2)15(13(3)8-11)10-18(23)21-19-22(4)16-6-5-14(20)9-17(16)24-19/h5-9H,10H2,1-4H3. The van der Waals surface area contributed by atoms with Gasteiger partial charge in [-0.15, -0.1) is 0 Å². The van der Waals surface area contributed by atoms with E-state index in [9.17, 15) is 9.18 Å². The van der Waals surface area contributed by atoms with Crippen LogP contribution in [0, 0.1) is 26.6 Å². The molecule has 3 nitrogen and oxygen atoms in total. The number of aromatic nitrogens is 1. The molecule has 0 radical (unpaired) electrons. The van der Waals surface area contributed by atoms with Gasteiger partial charge >= 0.3 is 0 Å². The third-order valence-electron chi connectivity index (χ3n) is 4.16. The minimum Gasteiger partial charge on any atom is -0.319 e. The first-order valence-electron chi connectivity index (χ1n) is 7.74. The molecule has 0 aliphatic rings. The molecule has 0 fully saturated rings. The highest BCUT2D eigenvalue weighted by molar-refractivity contribution is 7.16. The van der Waals surface area contributed by atoms with Gasteiger partial charge in [0.05, 0.1) is 16.6 Å². The van der Waals surface area contributed by atoms with E-state index >= 15 is 0 Å². The van der Waals surface area contributed by atoms with Gasteiger partial charge in [-0.25, -0.2) is 4.39 Å². The van der Waals surface area contributed by atoms with Crippen LogP contribution in [0.2, 0.25) is 0 Å². The number of thiazole rings is 1. The fraction of sp³-hybridized carbons (Fsp3) is 0.263. The molecule has 2 aromatic carbocycles. The van der Waals surface area contributed by atoms with Crippen LogP contribution in [0.3, 0.4) is 0 Å². The van der Waals surface area contributed by atoms with Crippen LogP contribution in [0.5, 0.6) is 0 Å². The van der Waals surface area contributed by atoms with Crippen molar-refractivity contribution in [3.63, 3.8) is 0 Å². The molecule has 24 heavy (non-hydrogen) atoms. The summed E-state index contributed by atoms with van der Waals surface area (Å²) in [6.07, 6.45) is 0.278. The zero-order valence-electron chi connectivity index (χ0n) is 14.2. The van der Waals surface area contributed by atoms with Gasteiger partial charge in [0.1, 0.15) is 5.82 Å². The van der Waals surface area contributed by atoms with Crippen LogP contribution in [0.4, 0.5) is 4.39 Å². The highest BCUT2D eigenvalue weighted by Gasteiger charge is 2.10. The van der Waals surface area contributed by atoms with E-state index in [1.165, 1.54) is 29.0 Å². The van der Waals surface area contributed by atoms with Crippen molar-refractivity contribution in [1.29, 1.82) is 0 Å². The van der Waals surface area contributed by atoms with Gasteiger partial charge in [0.15, 0.2) is 4.80 Å². The van der Waals surface area contributed by atoms with Crippen LogP contribution >= 0.6 is 11.3 Å². The lowest BCUT2D eigenvalue weighted by Crippen LogP contribution is -2.14. The molecule has 1 heterocycles. The number of carbonyl (C=O) groups is 1. The third kappa shape index (κ3) is 3.17. The van der Waals surface area contributed by atoms with Gasteiger partial charge in [-0.3, -0.25) is 4.79 Å². The van der Waals surface area contributed by atoms with Gasteiger partial charge in [-0.05, 0) is 55.7 Å². The molecule has 0 saturated heterocycles. The Labute approximate surface area is 144 Å². The van der Waals surface area contributed by atoms with Crippen molar-refractivity contribution in [2.75, 3.05) is 0 Å². The maximum absolute atomic E-state index is 13.3. The summed E-state index contributed by atoms with van der Waals surface area (Å²) in [6.45, 7) is 6.09. The number of rotatable bonds is 2. The Morgan fingerprint density at radius 3 is 2.50 bits per heavy atom. The molecule has 5 heteroatoms. The molecule has 0 N–H and O–H groups in total. The van der Waals surface area contributed by atoms with Crippen LogP contribution in [0.1, 0.15) is 22.3 Å². The molecule has 0 bridgehead atoms. The largest absolute Gasteiger partial charge is 0.319 e. The summed E-state index contributed by atoms with van der Waals surface area (Å²) >= 11 is 1.32. The Morgan fingerprint density at radius 1 is 1.17 bits per heavy atom. The molecule has 1 amide bonds. The first-order chi connectivity index (χ1) is 11.3. The third-order valence-corrected chi connectivity index (χ3v) is 5.25. The van der Waals surface area contributed by atoms with Crippen LogP contribution in [0.25, 0.3) is 10.2 Å². The van der Waals surface area contributed by atoms with Crippen LogP contribution in [0.15, 0.2) is 35.3 Å². The van der Waals surface area contributed by atoms with E-state index < -0.39 is 0 Å². The van der Waals surface area contributed by atoms with Crippen molar-refractivity contribution in [1.82, 2.24) is 4.57 Å². The number of aryl methyl sites for hydroxylation is 4. The van der Waals surface area contributed by atoms with E-state index in [0.29, 0.717) is 4.80 Å². The first kappa shape index (κ1) is 16.6. The average molecular weight is 342 g/mol. The lowest BCUT2D eigenvalue weighted by molar-refractivity contribution is -0.117. The number of nitrogens with zero attached hydrogens (tertiary/aromatic N) is 2. The first-order valence-corrected chi connectivity index (χ1v) is 8.56. The zero-order valence-corrected chi connectivity index (χ0v) is 15.0. The second kappa shape index (κ2) is 6.32. The van der Waals surface area contributed by atoms with Gasteiger partial charge in [0, 0.05) is 7.05 Å². The fourth-order valence-corrected chi connectivity index (χ4v) is 4.06. The molecular weight excluding hydrogens is 323 g/mol. The lowest BCUT2D eigenvalue weighted by Gasteiger charge is -2.09. The van der Waals surface area contributed by atoms with Crippen LogP contribution < -0.4 is 4.80 Å². The topological polar surface area (TPSA) is 34.4 Å². The van der Waals surface area contributed by atoms with Crippen molar-refractivity contribution in [2.45, 2.75) is 27.2 Å². The molecular formula is C19H19FN2OS. The zero-order chi connectivity index (χ0) is 17.4. The van der Waals surface area contributed by atoms with Gasteiger partial charge in [0.2, 0.25) is 0 Å². The van der Waals surface area contributed by atoms with Gasteiger partial charge < -0.3 is 4.57 Å². The van der Waals surface area contributed by atoms with Crippen LogP contribution in [-0.4, -0.2) is 10.5 Å². The minimum atomic E-state index is -0.284. The Kier molecular flexibility index (Phi) is 4.37. The molecule has 3 aromatic rings. The maximum atomic E-state index is 13.3. The van der Waals surface area contributed by atoms with Crippen molar-refractivity contribution in [2.24, 2.45) is 12.0 Å². The van der Waals surface area contributed by atoms with Crippen molar-refractivity contribution in [3.8, 4) is 0 Å². The second-order valence-corrected chi connectivity index (χ2v) is 7.12. The smallest absolute Gasteiger partial charge is 0.252 e. The van der Waals surface area contributed by atoms with E-state index in [-0.39, 0.29) is 18.1 Å². The number of amides is 1. The molecule has 0 saturated carbocycles. The SMILES string of the molecule is Cc1cc(C)c(CC(=O)N=c2sc3cc(F)ccc3n2C)c(C)c1. The molecule has 0 aliphatic carbocycles. The molecule has 3 rings (SSSR count). The van der Waals surface area contributed by atoms with E-state index in [1.807, 2.05) is 32.4 Å².